The number of nitrogens with zero attached hydrogens (tertiary/aromatic N) is 4. The molecular formula is C14H22N4OS. The Kier molecular flexibility index (Phi) is 4.70. The third-order valence-electron chi connectivity index (χ3n) is 4.54. The Morgan fingerprint density at radius 3 is 2.55 bits per heavy atom. The van der Waals surface area contributed by atoms with Crippen molar-refractivity contribution in [3.8, 4) is 0 Å². The number of hydrogen-bond acceptors (Lipinski definition) is 5. The van der Waals surface area contributed by atoms with Crippen LogP contribution in [-0.4, -0.2) is 31.7 Å². The third-order valence-corrected chi connectivity index (χ3v) is 5.49. The lowest BCUT2D eigenvalue weighted by Gasteiger charge is -2.19. The average molecular weight is 294 g/mol. The van der Waals surface area contributed by atoms with Gasteiger partial charge in [0.25, 0.3) is 0 Å². The van der Waals surface area contributed by atoms with E-state index in [1.165, 1.54) is 43.9 Å². The molecule has 1 heterocycles. The topological polar surface area (TPSA) is 60.7 Å². The molecule has 0 radical (unpaired) electrons. The number of aromatic nitrogens is 4. The molecule has 0 saturated heterocycles. The molecule has 20 heavy (non-hydrogen) atoms. The van der Waals surface area contributed by atoms with Crippen molar-refractivity contribution in [2.45, 2.75) is 69.0 Å². The van der Waals surface area contributed by atoms with Crippen molar-refractivity contribution in [1.29, 1.82) is 0 Å². The molecule has 1 aromatic rings. The molecule has 6 heteroatoms. The van der Waals surface area contributed by atoms with Gasteiger partial charge in [-0.3, -0.25) is 4.79 Å². The molecule has 1 aromatic heterocycles. The van der Waals surface area contributed by atoms with Gasteiger partial charge in [-0.25, -0.2) is 4.68 Å². The number of rotatable bonds is 5. The summed E-state index contributed by atoms with van der Waals surface area (Å²) in [7, 11) is 0. The maximum atomic E-state index is 12.2. The normalized spacial score (nSPS) is 21.4. The summed E-state index contributed by atoms with van der Waals surface area (Å²) in [6, 6.07) is 0.442. The minimum absolute atomic E-state index is 0.284. The molecule has 2 saturated carbocycles. The number of carbonyl (C=O) groups is 1. The zero-order valence-electron chi connectivity index (χ0n) is 11.8. The summed E-state index contributed by atoms with van der Waals surface area (Å²) < 4.78 is 1.94. The van der Waals surface area contributed by atoms with Crippen LogP contribution in [0.2, 0.25) is 0 Å². The summed E-state index contributed by atoms with van der Waals surface area (Å²) in [6.45, 7) is 0. The minimum atomic E-state index is 0.284. The zero-order valence-corrected chi connectivity index (χ0v) is 12.6. The molecule has 0 aliphatic heterocycles. The molecule has 0 N–H and O–H groups in total. The third kappa shape index (κ3) is 3.22. The Bertz CT molecular complexity index is 450. The molecule has 5 nitrogen and oxygen atoms in total. The number of tetrazole rings is 1. The van der Waals surface area contributed by atoms with Crippen molar-refractivity contribution in [3.05, 3.63) is 0 Å². The first-order valence-corrected chi connectivity index (χ1v) is 8.76. The first kappa shape index (κ1) is 14.0. The molecule has 0 bridgehead atoms. The number of hydrogen-bond donors (Lipinski definition) is 0. The highest BCUT2D eigenvalue weighted by Gasteiger charge is 2.24. The van der Waals surface area contributed by atoms with E-state index >= 15 is 0 Å². The quantitative estimate of drug-likeness (QED) is 0.781. The minimum Gasteiger partial charge on any atom is -0.298 e. The molecule has 2 aliphatic carbocycles. The highest BCUT2D eigenvalue weighted by atomic mass is 32.2. The summed E-state index contributed by atoms with van der Waals surface area (Å²) in [5.74, 6) is 1.19. The first-order chi connectivity index (χ1) is 9.84. The lowest BCUT2D eigenvalue weighted by molar-refractivity contribution is -0.121. The largest absolute Gasteiger partial charge is 0.298 e. The summed E-state index contributed by atoms with van der Waals surface area (Å²) in [5.41, 5.74) is 0. The van der Waals surface area contributed by atoms with E-state index in [-0.39, 0.29) is 5.92 Å². The van der Waals surface area contributed by atoms with Crippen molar-refractivity contribution >= 4 is 17.5 Å². The van der Waals surface area contributed by atoms with E-state index in [1.54, 1.807) is 0 Å². The van der Waals surface area contributed by atoms with Gasteiger partial charge < -0.3 is 0 Å². The Morgan fingerprint density at radius 1 is 1.10 bits per heavy atom. The highest BCUT2D eigenvalue weighted by molar-refractivity contribution is 7.99. The molecule has 2 aliphatic rings. The van der Waals surface area contributed by atoms with Gasteiger partial charge in [-0.2, -0.15) is 0 Å². The SMILES string of the molecule is O=C(CSc1nnnn1C1CCCC1)C1CCCCC1. The zero-order chi connectivity index (χ0) is 13.8. The van der Waals surface area contributed by atoms with Crippen molar-refractivity contribution in [3.63, 3.8) is 0 Å². The van der Waals surface area contributed by atoms with E-state index < -0.39 is 0 Å². The second kappa shape index (κ2) is 6.70. The Balaban J connectivity index is 1.55. The summed E-state index contributed by atoms with van der Waals surface area (Å²) in [5, 5.41) is 12.8. The number of thioether (sulfide) groups is 1. The second-order valence-electron chi connectivity index (χ2n) is 5.93. The van der Waals surface area contributed by atoms with Crippen LogP contribution in [0.15, 0.2) is 5.16 Å². The van der Waals surface area contributed by atoms with E-state index in [0.717, 1.165) is 30.8 Å². The van der Waals surface area contributed by atoms with E-state index in [2.05, 4.69) is 15.5 Å². The molecule has 0 atom stereocenters. The van der Waals surface area contributed by atoms with Crippen molar-refractivity contribution in [1.82, 2.24) is 20.2 Å². The van der Waals surface area contributed by atoms with Gasteiger partial charge in [0.1, 0.15) is 5.78 Å². The van der Waals surface area contributed by atoms with Crippen LogP contribution in [-0.2, 0) is 4.79 Å². The van der Waals surface area contributed by atoms with E-state index in [0.29, 0.717) is 17.6 Å². The molecule has 0 aromatic carbocycles. The average Bonchev–Trinajstić information content (AvgIpc) is 3.16. The first-order valence-electron chi connectivity index (χ1n) is 7.78. The molecular weight excluding hydrogens is 272 g/mol. The lowest BCUT2D eigenvalue weighted by Crippen LogP contribution is -2.20. The summed E-state index contributed by atoms with van der Waals surface area (Å²) in [6.07, 6.45) is 10.7. The van der Waals surface area contributed by atoms with Crippen LogP contribution in [0.4, 0.5) is 0 Å². The molecule has 0 amide bonds. The van der Waals surface area contributed by atoms with Crippen LogP contribution < -0.4 is 0 Å². The Hall–Kier alpha value is -0.910. The smallest absolute Gasteiger partial charge is 0.210 e. The van der Waals surface area contributed by atoms with Crippen molar-refractivity contribution < 1.29 is 4.79 Å². The predicted octanol–water partition coefficient (Wildman–Crippen LogP) is 3.03. The van der Waals surface area contributed by atoms with Crippen molar-refractivity contribution in [2.75, 3.05) is 5.75 Å². The van der Waals surface area contributed by atoms with Gasteiger partial charge in [-0.15, -0.1) is 5.10 Å². The highest BCUT2D eigenvalue weighted by Crippen LogP contribution is 2.32. The van der Waals surface area contributed by atoms with Crippen LogP contribution in [0.1, 0.15) is 63.8 Å². The van der Waals surface area contributed by atoms with E-state index in [1.807, 2.05) is 4.68 Å². The number of ketones is 1. The fourth-order valence-electron chi connectivity index (χ4n) is 3.34. The van der Waals surface area contributed by atoms with Crippen LogP contribution in [0.3, 0.4) is 0 Å². The maximum absolute atomic E-state index is 12.2. The molecule has 0 spiro atoms. The summed E-state index contributed by atoms with van der Waals surface area (Å²) in [4.78, 5) is 12.2. The molecule has 110 valence electrons. The fraction of sp³-hybridized carbons (Fsp3) is 0.857. The maximum Gasteiger partial charge on any atom is 0.210 e. The molecule has 2 fully saturated rings. The van der Waals surface area contributed by atoms with E-state index in [9.17, 15) is 4.79 Å². The van der Waals surface area contributed by atoms with Gasteiger partial charge in [-0.1, -0.05) is 43.9 Å². The predicted molar refractivity (Wildman–Crippen MR) is 77.6 cm³/mol. The Morgan fingerprint density at radius 2 is 1.80 bits per heavy atom. The van der Waals surface area contributed by atoms with Crippen molar-refractivity contribution in [2.24, 2.45) is 5.92 Å². The van der Waals surface area contributed by atoms with Crippen LogP contribution in [0.25, 0.3) is 0 Å². The van der Waals surface area contributed by atoms with Crippen LogP contribution >= 0.6 is 11.8 Å². The Labute approximate surface area is 123 Å². The lowest BCUT2D eigenvalue weighted by atomic mass is 9.87. The van der Waals surface area contributed by atoms with Gasteiger partial charge in [0.05, 0.1) is 11.8 Å². The second-order valence-corrected chi connectivity index (χ2v) is 6.88. The number of Topliss-reactive ketones (excluding diaryl/α,β-unsaturated/α-hetero) is 1. The van der Waals surface area contributed by atoms with Gasteiger partial charge in [-0.05, 0) is 36.1 Å². The molecule has 3 rings (SSSR count). The number of carbonyl (C=O) groups excluding carboxylic acids is 1. The summed E-state index contributed by atoms with van der Waals surface area (Å²) >= 11 is 1.52. The van der Waals surface area contributed by atoms with Gasteiger partial charge in [0.2, 0.25) is 5.16 Å². The van der Waals surface area contributed by atoms with Gasteiger partial charge in [0, 0.05) is 5.92 Å². The van der Waals surface area contributed by atoms with Gasteiger partial charge >= 0.3 is 0 Å². The fourth-order valence-corrected chi connectivity index (χ4v) is 4.26. The van der Waals surface area contributed by atoms with Crippen LogP contribution in [0, 0.1) is 5.92 Å². The van der Waals surface area contributed by atoms with Gasteiger partial charge in [0.15, 0.2) is 0 Å². The monoisotopic (exact) mass is 294 g/mol. The molecule has 0 unspecified atom stereocenters. The van der Waals surface area contributed by atoms with Crippen LogP contribution in [0.5, 0.6) is 0 Å². The van der Waals surface area contributed by atoms with E-state index in [4.69, 9.17) is 0 Å². The standard InChI is InChI=1S/C14H22N4OS/c19-13(11-6-2-1-3-7-11)10-20-14-15-16-17-18(14)12-8-4-5-9-12/h11-12H,1-10H2.